The Bertz CT molecular complexity index is 1370. The largest absolute Gasteiger partial charge is 0.494 e. The topological polar surface area (TPSA) is 114 Å². The van der Waals surface area contributed by atoms with Gasteiger partial charge in [0.2, 0.25) is 11.8 Å². The number of piperidine rings is 1. The number of aryl methyl sites for hydroxylation is 1. The molecule has 1 aliphatic rings. The van der Waals surface area contributed by atoms with Crippen LogP contribution >= 0.6 is 11.9 Å². The number of methoxy groups -OCH3 is 2. The molecule has 1 aromatic carbocycles. The molecule has 0 bridgehead atoms. The van der Waals surface area contributed by atoms with Crippen LogP contribution in [0.2, 0.25) is 0 Å². The Morgan fingerprint density at radius 2 is 1.76 bits per heavy atom. The molecule has 11 heteroatoms. The van der Waals surface area contributed by atoms with Gasteiger partial charge in [-0.25, -0.2) is 4.98 Å². The predicted molar refractivity (Wildman–Crippen MR) is 149 cm³/mol. The maximum Gasteiger partial charge on any atom is 0.239 e. The van der Waals surface area contributed by atoms with Gasteiger partial charge in [0.25, 0.3) is 0 Å². The summed E-state index contributed by atoms with van der Waals surface area (Å²) in [7, 11) is 3.22. The number of aromatic nitrogens is 4. The number of para-hydroxylation sites is 1. The van der Waals surface area contributed by atoms with Crippen LogP contribution in [0.5, 0.6) is 11.5 Å². The monoisotopic (exact) mass is 533 g/mol. The number of rotatable bonds is 7. The summed E-state index contributed by atoms with van der Waals surface area (Å²) >= 11 is 1.42. The predicted octanol–water partition coefficient (Wildman–Crippen LogP) is 5.49. The average molecular weight is 534 g/mol. The molecule has 0 amide bonds. The fourth-order valence-corrected chi connectivity index (χ4v) is 4.52. The van der Waals surface area contributed by atoms with Crippen molar-refractivity contribution < 1.29 is 13.9 Å². The number of nitrogens with zero attached hydrogens (tertiary/aromatic N) is 6. The molecule has 4 heterocycles. The molecule has 1 fully saturated rings. The van der Waals surface area contributed by atoms with E-state index in [0.29, 0.717) is 40.3 Å². The normalized spacial score (nSPS) is 12.8. The van der Waals surface area contributed by atoms with E-state index in [2.05, 4.69) is 30.9 Å². The Kier molecular flexibility index (Phi) is 9.11. The van der Waals surface area contributed by atoms with Crippen molar-refractivity contribution >= 4 is 23.7 Å². The minimum Gasteiger partial charge on any atom is -0.494 e. The molecule has 0 aliphatic carbocycles. The first-order valence-electron chi connectivity index (χ1n) is 12.2. The highest BCUT2D eigenvalue weighted by atomic mass is 32.2. The SMILES string of the molecule is COc1cccc(OC)c1-n1c(NSC)nnc1-c1ccc(C)o1.N#Cc1ccnc(N2CCCCC2)c1. The average Bonchev–Trinajstić information content (AvgIpc) is 3.59. The summed E-state index contributed by atoms with van der Waals surface area (Å²) in [6, 6.07) is 15.1. The maximum absolute atomic E-state index is 8.76. The molecule has 1 N–H and O–H groups in total. The number of hydrogen-bond donors (Lipinski definition) is 1. The number of anilines is 2. The zero-order chi connectivity index (χ0) is 26.9. The van der Waals surface area contributed by atoms with Crippen LogP contribution in [0.15, 0.2) is 53.1 Å². The lowest BCUT2D eigenvalue weighted by Crippen LogP contribution is -2.30. The second-order valence-corrected chi connectivity index (χ2v) is 9.08. The van der Waals surface area contributed by atoms with E-state index in [1.807, 2.05) is 54.1 Å². The molecule has 1 saturated heterocycles. The van der Waals surface area contributed by atoms with Crippen LogP contribution < -0.4 is 19.1 Å². The molecule has 4 aromatic rings. The van der Waals surface area contributed by atoms with E-state index in [0.717, 1.165) is 24.7 Å². The summed E-state index contributed by atoms with van der Waals surface area (Å²) < 4.78 is 21.7. The third-order valence-corrected chi connectivity index (χ3v) is 6.38. The van der Waals surface area contributed by atoms with Crippen LogP contribution in [0.1, 0.15) is 30.6 Å². The Hall–Kier alpha value is -4.17. The lowest BCUT2D eigenvalue weighted by atomic mass is 10.1. The van der Waals surface area contributed by atoms with Crippen LogP contribution in [0.4, 0.5) is 11.8 Å². The standard InChI is InChI=1S/C16H18N4O3S.C11H13N3/c1-10-8-9-13(23-10)15-17-18-16(19-24-4)20(15)14-11(21-2)6-5-7-12(14)22-3;12-9-10-4-5-13-11(8-10)14-6-2-1-3-7-14/h5-9H,1-4H3,(H,18,19);4-5,8H,1-3,6-7H2. The minimum absolute atomic E-state index is 0.550. The van der Waals surface area contributed by atoms with Crippen molar-refractivity contribution in [2.75, 3.05) is 43.2 Å². The van der Waals surface area contributed by atoms with Gasteiger partial charge >= 0.3 is 0 Å². The summed E-state index contributed by atoms with van der Waals surface area (Å²) in [6.07, 6.45) is 7.41. The lowest BCUT2D eigenvalue weighted by molar-refractivity contribution is 0.391. The number of pyridine rings is 1. The van der Waals surface area contributed by atoms with Crippen LogP contribution in [0.3, 0.4) is 0 Å². The Morgan fingerprint density at radius 3 is 2.37 bits per heavy atom. The van der Waals surface area contributed by atoms with Crippen LogP contribution in [0.25, 0.3) is 17.3 Å². The first kappa shape index (κ1) is 26.9. The summed E-state index contributed by atoms with van der Waals surface area (Å²) in [6.45, 7) is 4.03. The molecule has 0 atom stereocenters. The lowest BCUT2D eigenvalue weighted by Gasteiger charge is -2.27. The molecule has 3 aromatic heterocycles. The van der Waals surface area contributed by atoms with Gasteiger partial charge in [0.1, 0.15) is 28.8 Å². The number of nitrogens with one attached hydrogen (secondary N) is 1. The molecular formula is C27H31N7O3S. The first-order chi connectivity index (χ1) is 18.6. The molecule has 1 aliphatic heterocycles. The van der Waals surface area contributed by atoms with E-state index < -0.39 is 0 Å². The number of furan rings is 1. The van der Waals surface area contributed by atoms with Crippen LogP contribution in [-0.2, 0) is 0 Å². The van der Waals surface area contributed by atoms with Gasteiger partial charge in [-0.3, -0.25) is 9.29 Å². The third-order valence-electron chi connectivity index (χ3n) is 6.00. The molecule has 0 radical (unpaired) electrons. The number of ether oxygens (including phenoxy) is 2. The molecular weight excluding hydrogens is 502 g/mol. The van der Waals surface area contributed by atoms with E-state index in [-0.39, 0.29) is 0 Å². The van der Waals surface area contributed by atoms with Crippen molar-refractivity contribution in [1.29, 1.82) is 5.26 Å². The molecule has 10 nitrogen and oxygen atoms in total. The van der Waals surface area contributed by atoms with E-state index in [1.165, 1.54) is 31.2 Å². The van der Waals surface area contributed by atoms with E-state index >= 15 is 0 Å². The molecule has 38 heavy (non-hydrogen) atoms. The highest BCUT2D eigenvalue weighted by Crippen LogP contribution is 2.38. The molecule has 0 spiro atoms. The summed E-state index contributed by atoms with van der Waals surface area (Å²) in [4.78, 5) is 6.54. The fraction of sp³-hybridized carbons (Fsp3) is 0.333. The Balaban J connectivity index is 0.000000204. The third kappa shape index (κ3) is 6.03. The van der Waals surface area contributed by atoms with Crippen LogP contribution in [0, 0.1) is 18.3 Å². The summed E-state index contributed by atoms with van der Waals surface area (Å²) in [5, 5.41) is 17.3. The Labute approximate surface area is 226 Å². The van der Waals surface area contributed by atoms with Gasteiger partial charge in [0.05, 0.1) is 25.9 Å². The first-order valence-corrected chi connectivity index (χ1v) is 13.5. The zero-order valence-electron chi connectivity index (χ0n) is 22.0. The summed E-state index contributed by atoms with van der Waals surface area (Å²) in [5.74, 6) is 4.75. The van der Waals surface area contributed by atoms with Gasteiger partial charge < -0.3 is 18.8 Å². The van der Waals surface area contributed by atoms with Crippen molar-refractivity contribution in [3.05, 3.63) is 60.0 Å². The van der Waals surface area contributed by atoms with Crippen LogP contribution in [-0.4, -0.2) is 53.3 Å². The van der Waals surface area contributed by atoms with Gasteiger partial charge in [-0.15, -0.1) is 10.2 Å². The van der Waals surface area contributed by atoms with E-state index in [4.69, 9.17) is 19.2 Å². The molecule has 198 valence electrons. The van der Waals surface area contributed by atoms with Crippen molar-refractivity contribution in [2.24, 2.45) is 0 Å². The zero-order valence-corrected chi connectivity index (χ0v) is 22.8. The highest BCUT2D eigenvalue weighted by Gasteiger charge is 2.23. The quantitative estimate of drug-likeness (QED) is 0.306. The second-order valence-electron chi connectivity index (χ2n) is 8.47. The number of nitriles is 1. The molecule has 0 saturated carbocycles. The highest BCUT2D eigenvalue weighted by molar-refractivity contribution is 7.99. The van der Waals surface area contributed by atoms with Gasteiger partial charge in [-0.2, -0.15) is 5.26 Å². The smallest absolute Gasteiger partial charge is 0.239 e. The van der Waals surface area contributed by atoms with E-state index in [9.17, 15) is 0 Å². The second kappa shape index (κ2) is 12.9. The minimum atomic E-state index is 0.550. The molecule has 0 unspecified atom stereocenters. The van der Waals surface area contributed by atoms with E-state index in [1.54, 1.807) is 26.5 Å². The maximum atomic E-state index is 8.76. The molecule has 5 rings (SSSR count). The van der Waals surface area contributed by atoms with Crippen molar-refractivity contribution in [2.45, 2.75) is 26.2 Å². The van der Waals surface area contributed by atoms with Gasteiger partial charge in [-0.1, -0.05) is 18.0 Å². The van der Waals surface area contributed by atoms with Gasteiger partial charge in [-0.05, 0) is 62.6 Å². The fourth-order valence-electron chi connectivity index (χ4n) is 4.20. The van der Waals surface area contributed by atoms with Crippen molar-refractivity contribution in [3.8, 4) is 34.8 Å². The van der Waals surface area contributed by atoms with Gasteiger partial charge in [0.15, 0.2) is 5.76 Å². The summed E-state index contributed by atoms with van der Waals surface area (Å²) in [5.41, 5.74) is 1.40. The number of benzene rings is 1. The Morgan fingerprint density at radius 1 is 1.03 bits per heavy atom. The van der Waals surface area contributed by atoms with Gasteiger partial charge in [0, 0.05) is 25.5 Å². The van der Waals surface area contributed by atoms with Crippen molar-refractivity contribution in [1.82, 2.24) is 19.7 Å². The van der Waals surface area contributed by atoms with Crippen molar-refractivity contribution in [3.63, 3.8) is 0 Å². The number of hydrogen-bond acceptors (Lipinski definition) is 10.